The van der Waals surface area contributed by atoms with Crippen molar-refractivity contribution in [3.8, 4) is 0 Å². The second-order valence-corrected chi connectivity index (χ2v) is 15.8. The van der Waals surface area contributed by atoms with E-state index in [1.165, 1.54) is 0 Å². The minimum absolute atomic E-state index is 0.120. The fourth-order valence-electron chi connectivity index (χ4n) is 7.72. The molecule has 5 heterocycles. The minimum atomic E-state index is -1.61. The minimum Gasteiger partial charge on any atom is -0.481 e. The molecule has 5 aliphatic heterocycles. The molecule has 0 spiro atoms. The van der Waals surface area contributed by atoms with Crippen molar-refractivity contribution in [2.75, 3.05) is 6.61 Å². The van der Waals surface area contributed by atoms with Gasteiger partial charge < -0.3 is 41.5 Å². The molecule has 19 heteroatoms. The molecule has 0 aromatic heterocycles. The van der Waals surface area contributed by atoms with E-state index in [4.69, 9.17) is 30.0 Å². The van der Waals surface area contributed by atoms with Crippen molar-refractivity contribution in [2.24, 2.45) is 15.0 Å². The number of carboxylic acid groups (broad SMARTS) is 4. The lowest BCUT2D eigenvalue weighted by Gasteiger charge is -2.21. The third-order valence-electron chi connectivity index (χ3n) is 11.2. The average Bonchev–Trinajstić information content (AvgIpc) is 3.86. The highest BCUT2D eigenvalue weighted by atomic mass is 16.6. The van der Waals surface area contributed by atoms with Gasteiger partial charge >= 0.3 is 23.9 Å². The fourth-order valence-corrected chi connectivity index (χ4v) is 7.72. The summed E-state index contributed by atoms with van der Waals surface area (Å²) in [5, 5.41) is 57.3. The van der Waals surface area contributed by atoms with Crippen LogP contribution >= 0.6 is 0 Å². The summed E-state index contributed by atoms with van der Waals surface area (Å²) in [4.78, 5) is 91.7. The molecule has 9 N–H and O–H groups in total. The Hall–Kier alpha value is -7.25. The van der Waals surface area contributed by atoms with E-state index in [-0.39, 0.29) is 32.1 Å². The molecule has 0 aromatic carbocycles. The SMILES string of the molecule is C=CC1=C(C)C2=CC3=C(/C=C/NOCC)C(C)(O)C(=CC4=NC(=CC5=NC(=CC1=N2)C(C)=C5CCCC(=O)NC(CC(=O)O)C(=O)O)C(CCCC(=O)NC(CC(=O)O)C(=O)O)=C4C)N3. The number of aliphatic hydroxyl groups is 1. The van der Waals surface area contributed by atoms with Gasteiger partial charge in [0.15, 0.2) is 0 Å². The van der Waals surface area contributed by atoms with E-state index in [0.29, 0.717) is 75.4 Å². The molecule has 3 unspecified atom stereocenters. The monoisotopic (exact) mass is 895 g/mol. The number of hydroxylamine groups is 1. The number of rotatable bonds is 21. The van der Waals surface area contributed by atoms with Gasteiger partial charge in [0.25, 0.3) is 0 Å². The van der Waals surface area contributed by atoms with Crippen LogP contribution in [0.1, 0.15) is 86.0 Å². The zero-order valence-corrected chi connectivity index (χ0v) is 36.7. The molecule has 19 nitrogen and oxygen atoms in total. The topological polar surface area (TPSA) is 298 Å². The van der Waals surface area contributed by atoms with Crippen molar-refractivity contribution < 1.29 is 59.1 Å². The predicted molar refractivity (Wildman–Crippen MR) is 239 cm³/mol. The van der Waals surface area contributed by atoms with Crippen LogP contribution in [0.25, 0.3) is 0 Å². The summed E-state index contributed by atoms with van der Waals surface area (Å²) < 4.78 is 0. The second-order valence-electron chi connectivity index (χ2n) is 15.8. The van der Waals surface area contributed by atoms with Crippen LogP contribution in [0.4, 0.5) is 0 Å². The van der Waals surface area contributed by atoms with Crippen LogP contribution in [0, 0.1) is 0 Å². The molecular weight excluding hydrogens is 843 g/mol. The summed E-state index contributed by atoms with van der Waals surface area (Å²) in [6.07, 6.45) is 11.3. The Bertz CT molecular complexity index is 2490. The van der Waals surface area contributed by atoms with E-state index in [1.54, 1.807) is 37.4 Å². The number of carboxylic acids is 4. The van der Waals surface area contributed by atoms with Crippen LogP contribution in [-0.4, -0.2) is 103 Å². The zero-order valence-electron chi connectivity index (χ0n) is 36.7. The highest BCUT2D eigenvalue weighted by molar-refractivity contribution is 6.18. The summed E-state index contributed by atoms with van der Waals surface area (Å²) in [7, 11) is 0. The number of hydrogen-bond donors (Lipinski definition) is 9. The van der Waals surface area contributed by atoms with Crippen molar-refractivity contribution in [1.29, 1.82) is 0 Å². The maximum absolute atomic E-state index is 12.9. The maximum atomic E-state index is 12.9. The Balaban J connectivity index is 1.60. The summed E-state index contributed by atoms with van der Waals surface area (Å²) in [6, 6.07) is -3.20. The first-order chi connectivity index (χ1) is 30.7. The van der Waals surface area contributed by atoms with Gasteiger partial charge in [-0.15, -0.1) is 0 Å². The smallest absolute Gasteiger partial charge is 0.326 e. The highest BCUT2D eigenvalue weighted by Gasteiger charge is 2.39. The first-order valence-electron chi connectivity index (χ1n) is 20.9. The van der Waals surface area contributed by atoms with Gasteiger partial charge in [0, 0.05) is 35.9 Å². The predicted octanol–water partition coefficient (Wildman–Crippen LogP) is 4.13. The first-order valence-corrected chi connectivity index (χ1v) is 20.9. The van der Waals surface area contributed by atoms with Crippen LogP contribution in [0.5, 0.6) is 0 Å². The van der Waals surface area contributed by atoms with E-state index >= 15 is 0 Å². The molecule has 3 atom stereocenters. The van der Waals surface area contributed by atoms with Gasteiger partial charge in [0.05, 0.1) is 59.4 Å². The normalized spacial score (nSPS) is 20.0. The number of amides is 2. The second kappa shape index (κ2) is 21.0. The fraction of sp³-hybridized carbons (Fsp3) is 0.370. The number of nitrogens with one attached hydrogen (secondary N) is 4. The number of carbonyl (C=O) groups is 6. The van der Waals surface area contributed by atoms with Crippen LogP contribution in [0.15, 0.2) is 132 Å². The van der Waals surface area contributed by atoms with Crippen molar-refractivity contribution in [3.63, 3.8) is 0 Å². The van der Waals surface area contributed by atoms with Crippen molar-refractivity contribution >= 4 is 52.8 Å². The van der Waals surface area contributed by atoms with E-state index in [9.17, 15) is 44.1 Å². The molecule has 2 amide bonds. The Morgan fingerprint density at radius 2 is 1.29 bits per heavy atom. The van der Waals surface area contributed by atoms with Crippen LogP contribution in [0.2, 0.25) is 0 Å². The van der Waals surface area contributed by atoms with E-state index in [0.717, 1.165) is 22.3 Å². The molecule has 344 valence electrons. The summed E-state index contributed by atoms with van der Waals surface area (Å²) in [5.41, 5.74) is 10.3. The van der Waals surface area contributed by atoms with Gasteiger partial charge in [0.1, 0.15) is 17.7 Å². The Morgan fingerprint density at radius 1 is 0.754 bits per heavy atom. The van der Waals surface area contributed by atoms with Gasteiger partial charge in [-0.25, -0.2) is 24.6 Å². The maximum Gasteiger partial charge on any atom is 0.326 e. The summed E-state index contributed by atoms with van der Waals surface area (Å²) in [6.45, 7) is 13.5. The molecule has 0 radical (unpaired) electrons. The van der Waals surface area contributed by atoms with Crippen molar-refractivity contribution in [3.05, 3.63) is 117 Å². The molecule has 0 aromatic rings. The van der Waals surface area contributed by atoms with Crippen LogP contribution in [-0.2, 0) is 33.6 Å². The largest absolute Gasteiger partial charge is 0.481 e. The first kappa shape index (κ1) is 48.8. The lowest BCUT2D eigenvalue weighted by molar-refractivity contribution is -0.147. The van der Waals surface area contributed by atoms with Gasteiger partial charge in [-0.3, -0.25) is 29.5 Å². The molecule has 5 rings (SSSR count). The molecule has 0 saturated heterocycles. The number of hydrogen-bond acceptors (Lipinski definition) is 13. The molecule has 0 saturated carbocycles. The molecule has 8 bridgehead atoms. The molecular formula is C46H53N7O12. The lowest BCUT2D eigenvalue weighted by atomic mass is 9.92. The Labute approximate surface area is 374 Å². The average molecular weight is 896 g/mol. The molecule has 65 heavy (non-hydrogen) atoms. The Kier molecular flexibility index (Phi) is 15.7. The molecule has 5 aliphatic rings. The lowest BCUT2D eigenvalue weighted by Crippen LogP contribution is -2.42. The quantitative estimate of drug-likeness (QED) is 0.0579. The number of aliphatic imine (C=N–C) groups is 3. The van der Waals surface area contributed by atoms with Gasteiger partial charge in [-0.05, 0) is 119 Å². The van der Waals surface area contributed by atoms with Gasteiger partial charge in [0.2, 0.25) is 11.8 Å². The van der Waals surface area contributed by atoms with Crippen molar-refractivity contribution in [2.45, 2.75) is 104 Å². The number of nitrogens with zero attached hydrogens (tertiary/aromatic N) is 3. The Morgan fingerprint density at radius 3 is 1.85 bits per heavy atom. The summed E-state index contributed by atoms with van der Waals surface area (Å²) in [5.74, 6) is -6.98. The van der Waals surface area contributed by atoms with E-state index < -0.39 is 66.2 Å². The summed E-state index contributed by atoms with van der Waals surface area (Å²) >= 11 is 0. The van der Waals surface area contributed by atoms with E-state index in [1.807, 2.05) is 39.8 Å². The number of allylic oxidation sites excluding steroid dienone is 11. The van der Waals surface area contributed by atoms with Crippen LogP contribution < -0.4 is 21.4 Å². The van der Waals surface area contributed by atoms with Crippen molar-refractivity contribution in [1.82, 2.24) is 21.4 Å². The highest BCUT2D eigenvalue weighted by Crippen LogP contribution is 2.40. The van der Waals surface area contributed by atoms with Crippen LogP contribution in [0.3, 0.4) is 0 Å². The molecule has 0 fully saturated rings. The van der Waals surface area contributed by atoms with E-state index in [2.05, 4.69) is 28.0 Å². The zero-order chi connectivity index (χ0) is 47.7. The number of fused-ring (bicyclic) bond motifs is 5. The third kappa shape index (κ3) is 11.7. The van der Waals surface area contributed by atoms with Gasteiger partial charge in [-0.2, -0.15) is 0 Å². The standard InChI is InChI=1S/C46H53N7O12/c1-7-26-23(3)31-18-36-29(15-16-47-65-8-2)46(6,64)39(51-36)20-32-25(5)28(12-10-14-41(55)53-38(45(62)63)22-43(58)59)35(50-32)19-34-27(24(4)30(49-34)17-33(26)48-31)11-9-13-40(54)52-37(44(60)61)21-42(56)57/h7,15-20,37-38,47,51,64H,1,8-14,21-22H2,2-6H3,(H,52,54)(H,53,55)(H,56,57)(H,58,59)(H,60,61)(H,62,63)/b16-15+,30-17?,31-18?,35-19?,39-20?. The third-order valence-corrected chi connectivity index (χ3v) is 11.2. The molecule has 0 aliphatic carbocycles. The van der Waals surface area contributed by atoms with Gasteiger partial charge in [-0.1, -0.05) is 12.7 Å². The number of carbonyl (C=O) groups excluding carboxylic acids is 2. The number of aliphatic carboxylic acids is 4.